The van der Waals surface area contributed by atoms with Crippen LogP contribution in [0, 0.1) is 0 Å². The minimum absolute atomic E-state index is 0.220. The molecular weight excluding hydrogens is 258 g/mol. The average molecular weight is 281 g/mol. The van der Waals surface area contributed by atoms with Crippen LogP contribution in [-0.4, -0.2) is 22.7 Å². The Balaban J connectivity index is 2.25. The third kappa shape index (κ3) is 3.54. The van der Waals surface area contributed by atoms with Crippen LogP contribution in [0.1, 0.15) is 62.6 Å². The van der Waals surface area contributed by atoms with E-state index in [1.807, 2.05) is 6.26 Å². The van der Waals surface area contributed by atoms with Crippen LogP contribution in [-0.2, 0) is 4.74 Å². The lowest BCUT2D eigenvalue weighted by Gasteiger charge is -2.24. The smallest absolute Gasteiger partial charge is 0.0876 e. The molecule has 0 saturated heterocycles. The molecular formula is C14H23N3OS. The summed E-state index contributed by atoms with van der Waals surface area (Å²) in [6.45, 7) is 8.36. The highest BCUT2D eigenvalue weighted by molar-refractivity contribution is 7.05. The summed E-state index contributed by atoms with van der Waals surface area (Å²) >= 11 is 1.51. The fraction of sp³-hybridized carbons (Fsp3) is 0.714. The van der Waals surface area contributed by atoms with Gasteiger partial charge in [0, 0.05) is 0 Å². The van der Waals surface area contributed by atoms with Crippen LogP contribution in [0.25, 0.3) is 0 Å². The van der Waals surface area contributed by atoms with Crippen LogP contribution < -0.4 is 5.32 Å². The quantitative estimate of drug-likeness (QED) is 0.868. The van der Waals surface area contributed by atoms with Crippen molar-refractivity contribution in [1.29, 1.82) is 0 Å². The van der Waals surface area contributed by atoms with Crippen molar-refractivity contribution in [2.75, 3.05) is 13.2 Å². The third-order valence-corrected chi connectivity index (χ3v) is 4.09. The molecule has 0 spiro atoms. The number of ether oxygens (including phenoxy) is 1. The number of hydrogen-bond donors (Lipinski definition) is 1. The molecule has 0 bridgehead atoms. The van der Waals surface area contributed by atoms with Crippen molar-refractivity contribution in [3.05, 3.63) is 22.4 Å². The fourth-order valence-electron chi connectivity index (χ4n) is 2.28. The molecule has 0 saturated carbocycles. The molecule has 0 fully saturated rings. The molecule has 2 rings (SSSR count). The molecule has 1 N–H and O–H groups in total. The molecule has 106 valence electrons. The predicted octanol–water partition coefficient (Wildman–Crippen LogP) is 3.40. The summed E-state index contributed by atoms with van der Waals surface area (Å²) in [5.41, 5.74) is 2.44. The lowest BCUT2D eigenvalue weighted by atomic mass is 9.97. The van der Waals surface area contributed by atoms with Crippen LogP contribution in [0.15, 0.2) is 11.8 Å². The van der Waals surface area contributed by atoms with E-state index in [9.17, 15) is 0 Å². The van der Waals surface area contributed by atoms with E-state index >= 15 is 0 Å². The SMILES string of the molecule is CCCNC(C1=COCCC1)c1snnc1C(C)C. The maximum absolute atomic E-state index is 5.50. The lowest BCUT2D eigenvalue weighted by Crippen LogP contribution is -2.25. The van der Waals surface area contributed by atoms with Crippen molar-refractivity contribution in [2.45, 2.75) is 52.0 Å². The number of nitrogens with one attached hydrogen (secondary N) is 1. The highest BCUT2D eigenvalue weighted by Crippen LogP contribution is 2.33. The van der Waals surface area contributed by atoms with Gasteiger partial charge in [0.2, 0.25) is 0 Å². The normalized spacial score (nSPS) is 17.2. The molecule has 0 amide bonds. The minimum atomic E-state index is 0.220. The van der Waals surface area contributed by atoms with Crippen molar-refractivity contribution in [3.8, 4) is 0 Å². The highest BCUT2D eigenvalue weighted by Gasteiger charge is 2.25. The Labute approximate surface area is 119 Å². The molecule has 1 aliphatic rings. The summed E-state index contributed by atoms with van der Waals surface area (Å²) in [5.74, 6) is 0.407. The maximum atomic E-state index is 5.50. The van der Waals surface area contributed by atoms with Crippen molar-refractivity contribution >= 4 is 11.5 Å². The van der Waals surface area contributed by atoms with Crippen molar-refractivity contribution in [2.24, 2.45) is 0 Å². The van der Waals surface area contributed by atoms with Gasteiger partial charge >= 0.3 is 0 Å². The van der Waals surface area contributed by atoms with Gasteiger partial charge in [0.25, 0.3) is 0 Å². The Bertz CT molecular complexity index is 428. The molecule has 1 atom stereocenters. The van der Waals surface area contributed by atoms with E-state index in [2.05, 4.69) is 35.7 Å². The summed E-state index contributed by atoms with van der Waals surface area (Å²) in [5, 5.41) is 7.92. The van der Waals surface area contributed by atoms with Gasteiger partial charge < -0.3 is 10.1 Å². The molecule has 1 aliphatic heterocycles. The summed E-state index contributed by atoms with van der Waals surface area (Å²) in [7, 11) is 0. The molecule has 1 unspecified atom stereocenters. The van der Waals surface area contributed by atoms with E-state index in [1.54, 1.807) is 0 Å². The first-order valence-electron chi connectivity index (χ1n) is 7.10. The minimum Gasteiger partial charge on any atom is -0.501 e. The molecule has 19 heavy (non-hydrogen) atoms. The van der Waals surface area contributed by atoms with Crippen molar-refractivity contribution < 1.29 is 4.74 Å². The van der Waals surface area contributed by atoms with E-state index in [1.165, 1.54) is 22.0 Å². The van der Waals surface area contributed by atoms with Crippen LogP contribution in [0.5, 0.6) is 0 Å². The van der Waals surface area contributed by atoms with E-state index in [0.29, 0.717) is 5.92 Å². The van der Waals surface area contributed by atoms with Gasteiger partial charge in [-0.1, -0.05) is 25.3 Å². The topological polar surface area (TPSA) is 47.0 Å². The second kappa shape index (κ2) is 7.01. The summed E-state index contributed by atoms with van der Waals surface area (Å²) in [6, 6.07) is 0.220. The van der Waals surface area contributed by atoms with Gasteiger partial charge in [0.1, 0.15) is 0 Å². The van der Waals surface area contributed by atoms with Crippen LogP contribution in [0.3, 0.4) is 0 Å². The fourth-order valence-corrected chi connectivity index (χ4v) is 3.21. The van der Waals surface area contributed by atoms with Gasteiger partial charge in [0.15, 0.2) is 0 Å². The van der Waals surface area contributed by atoms with Crippen LogP contribution in [0.4, 0.5) is 0 Å². The maximum Gasteiger partial charge on any atom is 0.0876 e. The summed E-state index contributed by atoms with van der Waals surface area (Å²) < 4.78 is 9.65. The molecule has 0 radical (unpaired) electrons. The Morgan fingerprint density at radius 2 is 2.32 bits per heavy atom. The second-order valence-corrected chi connectivity index (χ2v) is 6.02. The van der Waals surface area contributed by atoms with Crippen LogP contribution in [0.2, 0.25) is 0 Å². The van der Waals surface area contributed by atoms with E-state index < -0.39 is 0 Å². The van der Waals surface area contributed by atoms with Gasteiger partial charge in [-0.15, -0.1) is 5.10 Å². The number of hydrogen-bond acceptors (Lipinski definition) is 5. The average Bonchev–Trinajstić information content (AvgIpc) is 2.90. The molecule has 5 heteroatoms. The lowest BCUT2D eigenvalue weighted by molar-refractivity contribution is 0.219. The first kappa shape index (κ1) is 14.5. The Hall–Kier alpha value is -0.940. The number of nitrogens with zero attached hydrogens (tertiary/aromatic N) is 2. The zero-order chi connectivity index (χ0) is 13.7. The Morgan fingerprint density at radius 3 is 2.95 bits per heavy atom. The predicted molar refractivity (Wildman–Crippen MR) is 78.3 cm³/mol. The van der Waals surface area contributed by atoms with E-state index in [4.69, 9.17) is 4.74 Å². The van der Waals surface area contributed by atoms with E-state index in [0.717, 1.165) is 38.1 Å². The van der Waals surface area contributed by atoms with Gasteiger partial charge in [-0.3, -0.25) is 0 Å². The first-order chi connectivity index (χ1) is 9.24. The van der Waals surface area contributed by atoms with Gasteiger partial charge in [0.05, 0.1) is 29.5 Å². The largest absolute Gasteiger partial charge is 0.501 e. The Kier molecular flexibility index (Phi) is 5.34. The summed E-state index contributed by atoms with van der Waals surface area (Å²) in [4.78, 5) is 1.25. The monoisotopic (exact) mass is 281 g/mol. The first-order valence-corrected chi connectivity index (χ1v) is 7.87. The number of aromatic nitrogens is 2. The van der Waals surface area contributed by atoms with Crippen molar-refractivity contribution in [3.63, 3.8) is 0 Å². The summed E-state index contributed by atoms with van der Waals surface area (Å²) in [6.07, 6.45) is 5.24. The van der Waals surface area contributed by atoms with Crippen molar-refractivity contribution in [1.82, 2.24) is 14.9 Å². The zero-order valence-electron chi connectivity index (χ0n) is 12.0. The molecule has 1 aromatic rings. The highest BCUT2D eigenvalue weighted by atomic mass is 32.1. The molecule has 0 aromatic carbocycles. The van der Waals surface area contributed by atoms with Gasteiger partial charge in [-0.05, 0) is 48.8 Å². The van der Waals surface area contributed by atoms with E-state index in [-0.39, 0.29) is 6.04 Å². The Morgan fingerprint density at radius 1 is 1.47 bits per heavy atom. The number of rotatable bonds is 6. The molecule has 0 aliphatic carbocycles. The van der Waals surface area contributed by atoms with Gasteiger partial charge in [-0.2, -0.15) is 0 Å². The second-order valence-electron chi connectivity index (χ2n) is 5.23. The van der Waals surface area contributed by atoms with Crippen LogP contribution >= 0.6 is 11.5 Å². The zero-order valence-corrected chi connectivity index (χ0v) is 12.8. The molecule has 2 heterocycles. The molecule has 4 nitrogen and oxygen atoms in total. The standard InChI is InChI=1S/C14H23N3OS/c1-4-7-15-13(11-6-5-8-18-9-11)14-12(10(2)3)16-17-19-14/h9-10,13,15H,4-8H2,1-3H3. The van der Waals surface area contributed by atoms with Gasteiger partial charge in [-0.25, -0.2) is 0 Å². The molecule has 1 aromatic heterocycles. The third-order valence-electron chi connectivity index (χ3n) is 3.28.